The number of aromatic nitrogens is 1. The topological polar surface area (TPSA) is 168 Å². The summed E-state index contributed by atoms with van der Waals surface area (Å²) in [4.78, 5) is 76.1. The lowest BCUT2D eigenvalue weighted by atomic mass is 9.77. The Bertz CT molecular complexity index is 2420. The predicted molar refractivity (Wildman–Crippen MR) is 256 cm³/mol. The Balaban J connectivity index is 0.843. The molecule has 14 nitrogen and oxygen atoms in total. The maximum atomic E-state index is 14.0. The molecule has 372 valence electrons. The van der Waals surface area contributed by atoms with E-state index in [4.69, 9.17) is 14.2 Å². The second kappa shape index (κ2) is 22.8. The molecule has 5 amide bonds. The average molecular weight is 978 g/mol. The van der Waals surface area contributed by atoms with Crippen LogP contribution in [0.4, 0.5) is 29.3 Å². The number of carbonyl (C=O) groups is 5. The number of ether oxygens (including phenoxy) is 3. The Morgan fingerprint density at radius 2 is 1.58 bits per heavy atom. The fraction of sp³-hybridized carbons (Fsp3) is 0.490. The van der Waals surface area contributed by atoms with E-state index in [2.05, 4.69) is 10.3 Å². The molecule has 3 aromatic carbocycles. The third-order valence-corrected chi connectivity index (χ3v) is 13.3. The molecule has 2 fully saturated rings. The average Bonchev–Trinajstić information content (AvgIpc) is 3.97. The molecule has 0 saturated carbocycles. The molecule has 3 atom stereocenters. The smallest absolute Gasteiger partial charge is 0.416 e. The molecule has 0 unspecified atom stereocenters. The lowest BCUT2D eigenvalue weighted by Crippen LogP contribution is -2.50. The van der Waals surface area contributed by atoms with Crippen LogP contribution in [0, 0.1) is 18.3 Å². The van der Waals surface area contributed by atoms with Gasteiger partial charge in [0.05, 0.1) is 40.0 Å². The van der Waals surface area contributed by atoms with Gasteiger partial charge in [-0.3, -0.25) is 24.1 Å². The Morgan fingerprint density at radius 1 is 0.899 bits per heavy atom. The number of halogens is 3. The van der Waals surface area contributed by atoms with Crippen LogP contribution < -0.4 is 19.9 Å². The molecule has 1 aromatic heterocycles. The fourth-order valence-corrected chi connectivity index (χ4v) is 9.22. The van der Waals surface area contributed by atoms with E-state index in [1.807, 2.05) is 52.0 Å². The zero-order valence-corrected chi connectivity index (χ0v) is 40.8. The van der Waals surface area contributed by atoms with E-state index < -0.39 is 52.7 Å². The Labute approximate surface area is 405 Å². The quantitative estimate of drug-likeness (QED) is 0.0574. The summed E-state index contributed by atoms with van der Waals surface area (Å²) in [6.45, 7) is 12.5. The minimum atomic E-state index is -4.63. The van der Waals surface area contributed by atoms with E-state index in [0.29, 0.717) is 44.3 Å². The zero-order valence-electron chi connectivity index (χ0n) is 40.0. The molecule has 0 radical (unpaired) electrons. The Morgan fingerprint density at radius 3 is 2.25 bits per heavy atom. The molecule has 3 heterocycles. The number of hydrogen-bond acceptors (Lipinski definition) is 11. The number of benzene rings is 3. The Hall–Kier alpha value is -5.69. The highest BCUT2D eigenvalue weighted by Gasteiger charge is 2.53. The van der Waals surface area contributed by atoms with Crippen LogP contribution in [-0.2, 0) is 41.4 Å². The Kier molecular flexibility index (Phi) is 17.4. The number of unbranched alkanes of at least 4 members (excludes halogenated alkanes) is 2. The summed E-state index contributed by atoms with van der Waals surface area (Å²) in [6, 6.07) is 17.0. The van der Waals surface area contributed by atoms with Gasteiger partial charge in [0.2, 0.25) is 11.8 Å². The van der Waals surface area contributed by atoms with Crippen LogP contribution in [0.3, 0.4) is 0 Å². The molecule has 4 aromatic rings. The minimum Gasteiger partial charge on any atom is -0.494 e. The van der Waals surface area contributed by atoms with Gasteiger partial charge in [0.15, 0.2) is 5.78 Å². The molecule has 2 aliphatic rings. The molecule has 69 heavy (non-hydrogen) atoms. The van der Waals surface area contributed by atoms with Crippen molar-refractivity contribution in [3.63, 3.8) is 0 Å². The van der Waals surface area contributed by atoms with Gasteiger partial charge < -0.3 is 29.5 Å². The number of hydrogen-bond donors (Lipinski definition) is 2. The fourth-order valence-electron chi connectivity index (χ4n) is 8.41. The van der Waals surface area contributed by atoms with Gasteiger partial charge in [0, 0.05) is 57.4 Å². The number of likely N-dealkylation sites (tertiary alicyclic amines) is 1. The van der Waals surface area contributed by atoms with Gasteiger partial charge in [-0.2, -0.15) is 13.2 Å². The van der Waals surface area contributed by atoms with E-state index in [-0.39, 0.29) is 55.8 Å². The van der Waals surface area contributed by atoms with Crippen molar-refractivity contribution in [3.8, 4) is 16.2 Å². The number of imide groups is 1. The van der Waals surface area contributed by atoms with Gasteiger partial charge >= 0.3 is 12.2 Å². The number of rotatable bonds is 22. The second-order valence-electron chi connectivity index (χ2n) is 19.0. The summed E-state index contributed by atoms with van der Waals surface area (Å²) in [5, 5.41) is 13.5. The van der Waals surface area contributed by atoms with Crippen molar-refractivity contribution < 1.29 is 56.5 Å². The number of aryl methyl sites for hydroxylation is 1. The lowest BCUT2D eigenvalue weighted by molar-refractivity contribution is -0.146. The normalized spacial score (nSPS) is 17.7. The van der Waals surface area contributed by atoms with Crippen LogP contribution >= 0.6 is 11.3 Å². The van der Waals surface area contributed by atoms with Crippen LogP contribution in [0.1, 0.15) is 90.0 Å². The maximum Gasteiger partial charge on any atom is 0.416 e. The highest BCUT2D eigenvalue weighted by molar-refractivity contribution is 7.13. The van der Waals surface area contributed by atoms with Gasteiger partial charge in [-0.05, 0) is 105 Å². The predicted octanol–water partition coefficient (Wildman–Crippen LogP) is 8.76. The first-order chi connectivity index (χ1) is 32.7. The van der Waals surface area contributed by atoms with Gasteiger partial charge in [-0.1, -0.05) is 51.1 Å². The third kappa shape index (κ3) is 13.3. The van der Waals surface area contributed by atoms with Crippen molar-refractivity contribution in [2.24, 2.45) is 11.3 Å². The van der Waals surface area contributed by atoms with Crippen molar-refractivity contribution in [3.05, 3.63) is 95.1 Å². The van der Waals surface area contributed by atoms with E-state index in [9.17, 15) is 42.3 Å². The van der Waals surface area contributed by atoms with Crippen LogP contribution in [-0.4, -0.2) is 102 Å². The van der Waals surface area contributed by atoms with Gasteiger partial charge in [-0.25, -0.2) is 14.7 Å². The number of carbonyl (C=O) groups excluding carboxylic acids is 5. The number of anilines is 2. The minimum absolute atomic E-state index is 0.00997. The van der Waals surface area contributed by atoms with Crippen molar-refractivity contribution in [2.75, 3.05) is 49.4 Å². The van der Waals surface area contributed by atoms with Gasteiger partial charge in [-0.15, -0.1) is 11.3 Å². The molecule has 0 aliphatic carbocycles. The van der Waals surface area contributed by atoms with Crippen molar-refractivity contribution in [2.45, 2.75) is 110 Å². The number of amides is 5. The number of nitrogens with one attached hydrogen (secondary N) is 1. The maximum absolute atomic E-state index is 14.0. The molecule has 18 heteroatoms. The first kappa shape index (κ1) is 52.7. The van der Waals surface area contributed by atoms with E-state index in [1.165, 1.54) is 15.9 Å². The largest absolute Gasteiger partial charge is 0.494 e. The summed E-state index contributed by atoms with van der Waals surface area (Å²) >= 11 is 1.57. The monoisotopic (exact) mass is 977 g/mol. The number of Topliss-reactive ketones (excluding diaryl/α,β-unsaturated/α-hetero) is 1. The van der Waals surface area contributed by atoms with Crippen LogP contribution in [0.5, 0.6) is 5.75 Å². The molecule has 2 N–H and O–H groups in total. The number of β-amino-alcohol motifs (C(OH)–C–C–N with tert-alkyl or cyclic N) is 1. The highest BCUT2D eigenvalue weighted by Crippen LogP contribution is 2.39. The summed E-state index contributed by atoms with van der Waals surface area (Å²) in [5.41, 5.74) is 2.02. The number of aliphatic hydroxyl groups is 1. The standard InChI is InChI=1S/C51H62F3N5O9S/c1-33-44(69-32-56-33)35-16-14-34(15-17-35)29-55-45(62)43-28-39(60)30-57(43)46(63)42(49(2,3)4)27-40(61)31-67-24-11-23-66-22-8-7-9-25-68-41-20-18-37(19-21-41)59-48(65)58(47(64)50(59,5)6)38-13-10-12-36(26-38)51(52,53)54/h10,12-21,26,32,39,42-43,60H,7-9,11,22-25,27-31H2,1-6H3,(H,55,62)/t39-,42-,43+/m1/s1. The van der Waals surface area contributed by atoms with Gasteiger partial charge in [0.1, 0.15) is 23.9 Å². The van der Waals surface area contributed by atoms with Crippen LogP contribution in [0.2, 0.25) is 0 Å². The number of ketones is 1. The molecular weight excluding hydrogens is 916 g/mol. The van der Waals surface area contributed by atoms with E-state index >= 15 is 0 Å². The molecule has 0 bridgehead atoms. The van der Waals surface area contributed by atoms with E-state index in [1.54, 1.807) is 55.0 Å². The summed E-state index contributed by atoms with van der Waals surface area (Å²) < 4.78 is 57.3. The van der Waals surface area contributed by atoms with Crippen LogP contribution in [0.25, 0.3) is 10.4 Å². The number of urea groups is 1. The molecule has 0 spiro atoms. The molecule has 6 rings (SSSR count). The number of thiazole rings is 1. The first-order valence-electron chi connectivity index (χ1n) is 23.2. The van der Waals surface area contributed by atoms with Gasteiger partial charge in [0.25, 0.3) is 5.91 Å². The SMILES string of the molecule is Cc1ncsc1-c1ccc(CNC(=O)[C@@H]2C[C@@H](O)CN2C(=O)[C@@H](CC(=O)COCCCOCCCCCOc2ccc(N3C(=O)N(c4cccc(C(F)(F)F)c4)C(=O)C3(C)C)cc2)C(C)(C)C)cc1. The summed E-state index contributed by atoms with van der Waals surface area (Å²) in [5.74, 6) is -1.75. The number of alkyl halides is 3. The zero-order chi connectivity index (χ0) is 50.1. The molecular formula is C51H62F3N5O9S. The summed E-state index contributed by atoms with van der Waals surface area (Å²) in [7, 11) is 0. The van der Waals surface area contributed by atoms with Crippen LogP contribution in [0.15, 0.2) is 78.3 Å². The molecule has 2 aliphatic heterocycles. The first-order valence-corrected chi connectivity index (χ1v) is 24.1. The number of aliphatic hydroxyl groups excluding tert-OH is 1. The third-order valence-electron chi connectivity index (χ3n) is 12.3. The second-order valence-corrected chi connectivity index (χ2v) is 19.9. The van der Waals surface area contributed by atoms with Crippen molar-refractivity contribution in [1.82, 2.24) is 15.2 Å². The highest BCUT2D eigenvalue weighted by atomic mass is 32.1. The van der Waals surface area contributed by atoms with Crippen molar-refractivity contribution in [1.29, 1.82) is 0 Å². The van der Waals surface area contributed by atoms with Crippen molar-refractivity contribution >= 4 is 52.2 Å². The van der Waals surface area contributed by atoms with E-state index in [0.717, 1.165) is 64.1 Å². The number of nitrogens with zero attached hydrogens (tertiary/aromatic N) is 4. The lowest BCUT2D eigenvalue weighted by Gasteiger charge is -2.34. The molecule has 2 saturated heterocycles. The summed E-state index contributed by atoms with van der Waals surface area (Å²) in [6.07, 6.45) is -2.48.